The summed E-state index contributed by atoms with van der Waals surface area (Å²) in [6, 6.07) is 0. The van der Waals surface area contributed by atoms with Crippen LogP contribution in [0.3, 0.4) is 0 Å². The number of rotatable bonds is 3. The summed E-state index contributed by atoms with van der Waals surface area (Å²) in [5.41, 5.74) is 5.88. The molecule has 2 heterocycles. The molecule has 2 aliphatic rings. The van der Waals surface area contributed by atoms with Crippen molar-refractivity contribution in [3.05, 3.63) is 0 Å². The second-order valence-electron chi connectivity index (χ2n) is 6.29. The molecule has 1 aromatic heterocycles. The Morgan fingerprint density at radius 1 is 1.33 bits per heavy atom. The first-order valence-corrected chi connectivity index (χ1v) is 10.5. The van der Waals surface area contributed by atoms with E-state index in [2.05, 4.69) is 23.1 Å². The third kappa shape index (κ3) is 3.03. The van der Waals surface area contributed by atoms with Crippen molar-refractivity contribution in [2.75, 3.05) is 29.5 Å². The van der Waals surface area contributed by atoms with Crippen LogP contribution in [0.5, 0.6) is 0 Å². The van der Waals surface area contributed by atoms with E-state index in [0.29, 0.717) is 4.90 Å². The number of nitrogens with zero attached hydrogens (tertiary/aromatic N) is 2. The highest BCUT2D eigenvalue weighted by molar-refractivity contribution is 8.00. The fourth-order valence-corrected chi connectivity index (χ4v) is 6.70. The van der Waals surface area contributed by atoms with Crippen LogP contribution in [0, 0.1) is 0 Å². The predicted octanol–water partition coefficient (Wildman–Crippen LogP) is 2.38. The molecule has 1 saturated heterocycles. The maximum absolute atomic E-state index is 12.6. The van der Waals surface area contributed by atoms with Gasteiger partial charge in [0.1, 0.15) is 9.90 Å². The molecule has 21 heavy (non-hydrogen) atoms. The van der Waals surface area contributed by atoms with E-state index < -0.39 is 9.84 Å². The fourth-order valence-electron chi connectivity index (χ4n) is 2.52. The van der Waals surface area contributed by atoms with Crippen molar-refractivity contribution >= 4 is 44.0 Å². The summed E-state index contributed by atoms with van der Waals surface area (Å²) in [6.45, 7) is 6.19. The van der Waals surface area contributed by atoms with Crippen LogP contribution < -0.4 is 10.6 Å². The Kier molecular flexibility index (Phi) is 3.90. The highest BCUT2D eigenvalue weighted by Crippen LogP contribution is 2.43. The molecule has 0 atom stereocenters. The topological polar surface area (TPSA) is 76.3 Å². The van der Waals surface area contributed by atoms with Gasteiger partial charge in [0.25, 0.3) is 0 Å². The van der Waals surface area contributed by atoms with Crippen LogP contribution in [-0.4, -0.2) is 41.6 Å². The molecular formula is C13H21N3O2S3. The van der Waals surface area contributed by atoms with E-state index in [-0.39, 0.29) is 15.8 Å². The lowest BCUT2D eigenvalue weighted by Crippen LogP contribution is -2.27. The summed E-state index contributed by atoms with van der Waals surface area (Å²) in [6.07, 6.45) is 2.53. The van der Waals surface area contributed by atoms with Crippen LogP contribution in [0.2, 0.25) is 0 Å². The first kappa shape index (κ1) is 15.4. The molecule has 5 nitrogen and oxygen atoms in total. The summed E-state index contributed by atoms with van der Waals surface area (Å²) in [4.78, 5) is 2.45. The van der Waals surface area contributed by atoms with Crippen LogP contribution >= 0.6 is 23.3 Å². The minimum absolute atomic E-state index is 0.179. The average Bonchev–Trinajstić information content (AvgIpc) is 3.18. The van der Waals surface area contributed by atoms with Crippen molar-refractivity contribution in [3.63, 3.8) is 0 Å². The number of nitrogens with two attached hydrogens (primary N) is 1. The first-order valence-electron chi connectivity index (χ1n) is 7.19. The molecule has 8 heteroatoms. The lowest BCUT2D eigenvalue weighted by Gasteiger charge is -2.23. The maximum atomic E-state index is 12.6. The van der Waals surface area contributed by atoms with Gasteiger partial charge in [0.15, 0.2) is 15.7 Å². The number of sulfone groups is 1. The van der Waals surface area contributed by atoms with Gasteiger partial charge in [0, 0.05) is 23.6 Å². The lowest BCUT2D eigenvalue weighted by molar-refractivity contribution is 0.594. The molecule has 2 N–H and O–H groups in total. The van der Waals surface area contributed by atoms with Gasteiger partial charge in [-0.25, -0.2) is 8.42 Å². The Morgan fingerprint density at radius 2 is 2.05 bits per heavy atom. The molecule has 1 aliphatic heterocycles. The van der Waals surface area contributed by atoms with Gasteiger partial charge in [-0.3, -0.25) is 0 Å². The molecule has 0 radical (unpaired) electrons. The summed E-state index contributed by atoms with van der Waals surface area (Å²) in [5, 5.41) is 0.505. The minimum Gasteiger partial charge on any atom is -0.382 e. The molecule has 1 saturated carbocycles. The monoisotopic (exact) mass is 347 g/mol. The van der Waals surface area contributed by atoms with Crippen molar-refractivity contribution in [2.24, 2.45) is 0 Å². The van der Waals surface area contributed by atoms with E-state index in [1.807, 2.05) is 11.8 Å². The quantitative estimate of drug-likeness (QED) is 0.905. The SMILES string of the molecule is CC1(C)CCN(c2snc(N)c2S(=O)(=O)C2CC2)CCS1. The summed E-state index contributed by atoms with van der Waals surface area (Å²) < 4.78 is 29.6. The van der Waals surface area contributed by atoms with Crippen molar-refractivity contribution in [1.29, 1.82) is 0 Å². The Balaban J connectivity index is 1.93. The zero-order chi connectivity index (χ0) is 15.3. The van der Waals surface area contributed by atoms with E-state index in [1.54, 1.807) is 0 Å². The van der Waals surface area contributed by atoms with E-state index in [1.165, 1.54) is 11.5 Å². The molecule has 1 aromatic rings. The highest BCUT2D eigenvalue weighted by Gasteiger charge is 2.42. The fraction of sp³-hybridized carbons (Fsp3) is 0.769. The standard InChI is InChI=1S/C13H21N3O2S3/c1-13(2)5-6-16(7-8-19-13)12-10(11(14)15-20-12)21(17,18)9-3-4-9/h9H,3-8H2,1-2H3,(H2,14,15). The number of aromatic nitrogens is 1. The smallest absolute Gasteiger partial charge is 0.187 e. The van der Waals surface area contributed by atoms with Gasteiger partial charge >= 0.3 is 0 Å². The van der Waals surface area contributed by atoms with Crippen molar-refractivity contribution < 1.29 is 8.42 Å². The third-order valence-electron chi connectivity index (χ3n) is 4.03. The van der Waals surface area contributed by atoms with Gasteiger partial charge in [-0.2, -0.15) is 16.1 Å². The first-order chi connectivity index (χ1) is 9.81. The molecule has 2 fully saturated rings. The summed E-state index contributed by atoms with van der Waals surface area (Å²) >= 11 is 3.17. The number of anilines is 2. The Hall–Kier alpha value is -0.470. The zero-order valence-electron chi connectivity index (χ0n) is 12.3. The molecule has 1 aliphatic carbocycles. The van der Waals surface area contributed by atoms with E-state index in [9.17, 15) is 8.42 Å². The molecule has 0 aromatic carbocycles. The Morgan fingerprint density at radius 3 is 2.71 bits per heavy atom. The van der Waals surface area contributed by atoms with Crippen molar-refractivity contribution in [3.8, 4) is 0 Å². The van der Waals surface area contributed by atoms with Gasteiger partial charge in [-0.15, -0.1) is 0 Å². The van der Waals surface area contributed by atoms with Crippen LogP contribution in [0.15, 0.2) is 4.90 Å². The Labute approximate surface area is 134 Å². The van der Waals surface area contributed by atoms with Gasteiger partial charge in [0.05, 0.1) is 5.25 Å². The molecule has 0 unspecified atom stereocenters. The van der Waals surface area contributed by atoms with Crippen LogP contribution in [0.25, 0.3) is 0 Å². The number of thioether (sulfide) groups is 1. The van der Waals surface area contributed by atoms with Crippen molar-refractivity contribution in [2.45, 2.75) is 48.0 Å². The Bertz CT molecular complexity index is 635. The predicted molar refractivity (Wildman–Crippen MR) is 90.1 cm³/mol. The van der Waals surface area contributed by atoms with Crippen molar-refractivity contribution in [1.82, 2.24) is 4.37 Å². The normalized spacial score (nSPS) is 23.0. The molecule has 3 rings (SSSR count). The van der Waals surface area contributed by atoms with Gasteiger partial charge in [-0.1, -0.05) is 13.8 Å². The van der Waals surface area contributed by atoms with Gasteiger partial charge in [0.2, 0.25) is 0 Å². The minimum atomic E-state index is -3.30. The number of hydrogen-bond acceptors (Lipinski definition) is 7. The van der Waals surface area contributed by atoms with Gasteiger partial charge in [-0.05, 0) is 30.8 Å². The number of hydrogen-bond donors (Lipinski definition) is 1. The summed E-state index contributed by atoms with van der Waals surface area (Å²) in [7, 11) is -3.30. The van der Waals surface area contributed by atoms with Crippen LogP contribution in [0.1, 0.15) is 33.1 Å². The van der Waals surface area contributed by atoms with Gasteiger partial charge < -0.3 is 10.6 Å². The van der Waals surface area contributed by atoms with Crippen LogP contribution in [-0.2, 0) is 9.84 Å². The van der Waals surface area contributed by atoms with E-state index >= 15 is 0 Å². The third-order valence-corrected chi connectivity index (χ3v) is 8.78. The highest BCUT2D eigenvalue weighted by atomic mass is 32.2. The second-order valence-corrected chi connectivity index (χ2v) is 11.0. The molecule has 0 spiro atoms. The van der Waals surface area contributed by atoms with Crippen LogP contribution in [0.4, 0.5) is 10.8 Å². The molecule has 0 bridgehead atoms. The lowest BCUT2D eigenvalue weighted by atomic mass is 10.1. The molecule has 118 valence electrons. The number of nitrogen functional groups attached to an aromatic ring is 1. The van der Waals surface area contributed by atoms with E-state index in [4.69, 9.17) is 5.73 Å². The van der Waals surface area contributed by atoms with E-state index in [0.717, 1.165) is 43.1 Å². The maximum Gasteiger partial charge on any atom is 0.187 e. The molecular weight excluding hydrogens is 326 g/mol. The molecule has 0 amide bonds. The zero-order valence-corrected chi connectivity index (χ0v) is 14.8. The second kappa shape index (κ2) is 5.31. The summed E-state index contributed by atoms with van der Waals surface area (Å²) in [5.74, 6) is 1.17. The largest absolute Gasteiger partial charge is 0.382 e. The average molecular weight is 348 g/mol.